The summed E-state index contributed by atoms with van der Waals surface area (Å²) < 4.78 is 1.75. The fourth-order valence-electron chi connectivity index (χ4n) is 1.75. The maximum atomic E-state index is 12.2. The summed E-state index contributed by atoms with van der Waals surface area (Å²) in [5, 5.41) is 9.91. The van der Waals surface area contributed by atoms with E-state index in [1.807, 2.05) is 19.9 Å². The van der Waals surface area contributed by atoms with E-state index >= 15 is 0 Å². The minimum Gasteiger partial charge on any atom is -0.387 e. The first-order valence-electron chi connectivity index (χ1n) is 6.12. The molecule has 2 rings (SSSR count). The molecule has 100 valence electrons. The first-order valence-corrected chi connectivity index (χ1v) is 6.12. The smallest absolute Gasteiger partial charge is 0.259 e. The Morgan fingerprint density at radius 3 is 2.84 bits per heavy atom. The highest BCUT2D eigenvalue weighted by Crippen LogP contribution is 2.17. The molecule has 0 unspecified atom stereocenters. The predicted octanol–water partition coefficient (Wildman–Crippen LogP) is 1.90. The molecule has 0 aliphatic heterocycles. The number of anilines is 2. The van der Waals surface area contributed by atoms with E-state index in [0.717, 1.165) is 17.9 Å². The van der Waals surface area contributed by atoms with Crippen LogP contribution in [-0.2, 0) is 6.54 Å². The molecular formula is C13H17N5O. The molecule has 0 aliphatic carbocycles. The SMILES string of the molecule is CCn1cc(NC(=O)c2cnc(C)cc2NC)cn1. The number of nitrogens with one attached hydrogen (secondary N) is 2. The number of aryl methyl sites for hydroxylation is 2. The Morgan fingerprint density at radius 1 is 1.42 bits per heavy atom. The van der Waals surface area contributed by atoms with E-state index in [-0.39, 0.29) is 5.91 Å². The molecule has 2 heterocycles. The van der Waals surface area contributed by atoms with Crippen LogP contribution in [0.5, 0.6) is 0 Å². The number of amides is 1. The van der Waals surface area contributed by atoms with Gasteiger partial charge in [0.15, 0.2) is 0 Å². The fourth-order valence-corrected chi connectivity index (χ4v) is 1.75. The molecule has 2 N–H and O–H groups in total. The summed E-state index contributed by atoms with van der Waals surface area (Å²) in [5.74, 6) is -0.201. The van der Waals surface area contributed by atoms with Gasteiger partial charge in [-0.2, -0.15) is 5.10 Å². The molecule has 0 atom stereocenters. The van der Waals surface area contributed by atoms with Crippen LogP contribution in [0.25, 0.3) is 0 Å². The molecule has 0 aromatic carbocycles. The highest BCUT2D eigenvalue weighted by Gasteiger charge is 2.12. The Balaban J connectivity index is 2.20. The molecule has 0 aliphatic rings. The summed E-state index contributed by atoms with van der Waals surface area (Å²) in [6.45, 7) is 4.64. The average Bonchev–Trinajstić information content (AvgIpc) is 2.86. The van der Waals surface area contributed by atoms with E-state index in [0.29, 0.717) is 11.3 Å². The van der Waals surface area contributed by atoms with Crippen LogP contribution in [0.4, 0.5) is 11.4 Å². The number of aromatic nitrogens is 3. The normalized spacial score (nSPS) is 10.3. The third-order valence-electron chi connectivity index (χ3n) is 2.77. The number of nitrogens with zero attached hydrogens (tertiary/aromatic N) is 3. The van der Waals surface area contributed by atoms with E-state index in [1.54, 1.807) is 30.3 Å². The molecule has 0 bridgehead atoms. The van der Waals surface area contributed by atoms with Gasteiger partial charge in [0, 0.05) is 31.7 Å². The van der Waals surface area contributed by atoms with Gasteiger partial charge in [0.2, 0.25) is 0 Å². The lowest BCUT2D eigenvalue weighted by molar-refractivity contribution is 0.102. The molecule has 6 nitrogen and oxygen atoms in total. The molecule has 0 radical (unpaired) electrons. The van der Waals surface area contributed by atoms with Crippen molar-refractivity contribution in [2.75, 3.05) is 17.7 Å². The molecule has 2 aromatic rings. The van der Waals surface area contributed by atoms with Crippen molar-refractivity contribution in [2.45, 2.75) is 20.4 Å². The summed E-state index contributed by atoms with van der Waals surface area (Å²) in [6.07, 6.45) is 4.99. The first kappa shape index (κ1) is 13.1. The van der Waals surface area contributed by atoms with Gasteiger partial charge >= 0.3 is 0 Å². The largest absolute Gasteiger partial charge is 0.387 e. The van der Waals surface area contributed by atoms with E-state index in [1.165, 1.54) is 0 Å². The summed E-state index contributed by atoms with van der Waals surface area (Å²) in [6, 6.07) is 1.84. The van der Waals surface area contributed by atoms with Gasteiger partial charge in [-0.05, 0) is 19.9 Å². The molecule has 19 heavy (non-hydrogen) atoms. The maximum absolute atomic E-state index is 12.2. The van der Waals surface area contributed by atoms with Crippen LogP contribution < -0.4 is 10.6 Å². The number of carbonyl (C=O) groups is 1. The van der Waals surface area contributed by atoms with E-state index in [4.69, 9.17) is 0 Å². The number of pyridine rings is 1. The Hall–Kier alpha value is -2.37. The van der Waals surface area contributed by atoms with Gasteiger partial charge in [-0.1, -0.05) is 0 Å². The fraction of sp³-hybridized carbons (Fsp3) is 0.308. The maximum Gasteiger partial charge on any atom is 0.259 e. The third-order valence-corrected chi connectivity index (χ3v) is 2.77. The number of rotatable bonds is 4. The lowest BCUT2D eigenvalue weighted by Gasteiger charge is -2.09. The Kier molecular flexibility index (Phi) is 3.79. The second-order valence-electron chi connectivity index (χ2n) is 4.16. The number of hydrogen-bond acceptors (Lipinski definition) is 4. The minimum atomic E-state index is -0.201. The van der Waals surface area contributed by atoms with Crippen molar-refractivity contribution in [3.05, 3.63) is 35.9 Å². The molecule has 1 amide bonds. The van der Waals surface area contributed by atoms with Crippen LogP contribution in [0.3, 0.4) is 0 Å². The van der Waals surface area contributed by atoms with Gasteiger partial charge < -0.3 is 10.6 Å². The third kappa shape index (κ3) is 2.90. The van der Waals surface area contributed by atoms with E-state index < -0.39 is 0 Å². The van der Waals surface area contributed by atoms with Gasteiger partial charge in [0.25, 0.3) is 5.91 Å². The van der Waals surface area contributed by atoms with E-state index in [2.05, 4.69) is 20.7 Å². The quantitative estimate of drug-likeness (QED) is 0.879. The topological polar surface area (TPSA) is 71.8 Å². The van der Waals surface area contributed by atoms with Gasteiger partial charge in [-0.3, -0.25) is 14.5 Å². The van der Waals surface area contributed by atoms with Gasteiger partial charge in [0.1, 0.15) is 0 Å². The molecule has 0 spiro atoms. The Bertz CT molecular complexity index is 590. The van der Waals surface area contributed by atoms with Crippen LogP contribution in [0, 0.1) is 6.92 Å². The molecule has 2 aromatic heterocycles. The Labute approximate surface area is 111 Å². The van der Waals surface area contributed by atoms with Crippen LogP contribution in [0.1, 0.15) is 23.0 Å². The Morgan fingerprint density at radius 2 is 2.21 bits per heavy atom. The van der Waals surface area contributed by atoms with E-state index in [9.17, 15) is 4.79 Å². The van der Waals surface area contributed by atoms with Gasteiger partial charge in [0.05, 0.1) is 23.1 Å². The minimum absolute atomic E-state index is 0.201. The van der Waals surface area contributed by atoms with Gasteiger partial charge in [-0.25, -0.2) is 0 Å². The summed E-state index contributed by atoms with van der Waals surface area (Å²) >= 11 is 0. The van der Waals surface area contributed by atoms with Crippen LogP contribution in [0.2, 0.25) is 0 Å². The zero-order valence-corrected chi connectivity index (χ0v) is 11.3. The van der Waals surface area contributed by atoms with Gasteiger partial charge in [-0.15, -0.1) is 0 Å². The molecule has 0 fully saturated rings. The monoisotopic (exact) mass is 259 g/mol. The van der Waals surface area contributed by atoms with Crippen LogP contribution in [0.15, 0.2) is 24.7 Å². The standard InChI is InChI=1S/C13H17N5O/c1-4-18-8-10(6-16-18)17-13(19)11-7-15-9(2)5-12(11)14-3/h5-8H,4H2,1-3H3,(H,14,15)(H,17,19). The first-order chi connectivity index (χ1) is 9.13. The van der Waals surface area contributed by atoms with Crippen molar-refractivity contribution in [3.8, 4) is 0 Å². The zero-order chi connectivity index (χ0) is 13.8. The highest BCUT2D eigenvalue weighted by molar-refractivity contribution is 6.07. The second-order valence-corrected chi connectivity index (χ2v) is 4.16. The van der Waals surface area contributed by atoms with Crippen molar-refractivity contribution >= 4 is 17.3 Å². The number of carbonyl (C=O) groups excluding carboxylic acids is 1. The lowest BCUT2D eigenvalue weighted by atomic mass is 10.2. The van der Waals surface area contributed by atoms with Crippen molar-refractivity contribution < 1.29 is 4.79 Å². The summed E-state index contributed by atoms with van der Waals surface area (Å²) in [5.41, 5.74) is 2.81. The molecule has 0 saturated heterocycles. The number of hydrogen-bond donors (Lipinski definition) is 2. The predicted molar refractivity (Wildman–Crippen MR) is 74.4 cm³/mol. The highest BCUT2D eigenvalue weighted by atomic mass is 16.1. The molecular weight excluding hydrogens is 242 g/mol. The average molecular weight is 259 g/mol. The lowest BCUT2D eigenvalue weighted by Crippen LogP contribution is -2.14. The summed E-state index contributed by atoms with van der Waals surface area (Å²) in [7, 11) is 1.78. The van der Waals surface area contributed by atoms with Crippen molar-refractivity contribution in [1.29, 1.82) is 0 Å². The molecule has 0 saturated carbocycles. The van der Waals surface area contributed by atoms with Crippen molar-refractivity contribution in [1.82, 2.24) is 14.8 Å². The zero-order valence-electron chi connectivity index (χ0n) is 11.3. The summed E-state index contributed by atoms with van der Waals surface area (Å²) in [4.78, 5) is 16.3. The van der Waals surface area contributed by atoms with Crippen molar-refractivity contribution in [3.63, 3.8) is 0 Å². The molecule has 6 heteroatoms. The second kappa shape index (κ2) is 5.51. The van der Waals surface area contributed by atoms with Crippen LogP contribution in [-0.4, -0.2) is 27.7 Å². The van der Waals surface area contributed by atoms with Crippen molar-refractivity contribution in [2.24, 2.45) is 0 Å². The van der Waals surface area contributed by atoms with Crippen LogP contribution >= 0.6 is 0 Å².